The number of para-hydroxylation sites is 1. The van der Waals surface area contributed by atoms with E-state index in [9.17, 15) is 8.78 Å². The third kappa shape index (κ3) is 4.50. The van der Waals surface area contributed by atoms with Crippen LogP contribution < -0.4 is 15.9 Å². The topological polar surface area (TPSA) is 59.6 Å². The molecule has 0 aliphatic carbocycles. The van der Waals surface area contributed by atoms with E-state index in [1.165, 1.54) is 6.21 Å². The molecular formula is C14H11F2N3OS. The van der Waals surface area contributed by atoms with E-state index in [4.69, 9.17) is 10.5 Å². The van der Waals surface area contributed by atoms with E-state index in [0.29, 0.717) is 11.3 Å². The highest BCUT2D eigenvalue weighted by Gasteiger charge is 2.06. The lowest BCUT2D eigenvalue weighted by Crippen LogP contribution is -2.24. The minimum atomic E-state index is -0.716. The predicted octanol–water partition coefficient (Wildman–Crippen LogP) is 2.92. The van der Waals surface area contributed by atoms with Crippen LogP contribution in [0.1, 0.15) is 5.56 Å². The molecule has 21 heavy (non-hydrogen) atoms. The van der Waals surface area contributed by atoms with Crippen molar-refractivity contribution in [3.05, 3.63) is 59.7 Å². The van der Waals surface area contributed by atoms with Gasteiger partial charge in [0.25, 0.3) is 0 Å². The maximum absolute atomic E-state index is 13.1. The highest BCUT2D eigenvalue weighted by molar-refractivity contribution is 7.80. The summed E-state index contributed by atoms with van der Waals surface area (Å²) in [6.07, 6.45) is 1.43. The lowest BCUT2D eigenvalue weighted by atomic mass is 10.2. The fraction of sp³-hybridized carbons (Fsp3) is 0. The third-order valence-electron chi connectivity index (χ3n) is 2.36. The molecule has 0 saturated carbocycles. The van der Waals surface area contributed by atoms with Gasteiger partial charge in [0.2, 0.25) is 0 Å². The van der Waals surface area contributed by atoms with Gasteiger partial charge in [0.15, 0.2) is 5.11 Å². The van der Waals surface area contributed by atoms with Gasteiger partial charge >= 0.3 is 0 Å². The van der Waals surface area contributed by atoms with E-state index in [0.717, 1.165) is 18.2 Å². The second kappa shape index (κ2) is 6.76. The molecule has 0 aliphatic heterocycles. The molecule has 2 rings (SSSR count). The van der Waals surface area contributed by atoms with Crippen LogP contribution >= 0.6 is 12.2 Å². The Balaban J connectivity index is 2.23. The van der Waals surface area contributed by atoms with Crippen molar-refractivity contribution < 1.29 is 13.5 Å². The number of hydrogen-bond acceptors (Lipinski definition) is 3. The summed E-state index contributed by atoms with van der Waals surface area (Å²) < 4.78 is 31.7. The molecule has 0 aromatic heterocycles. The van der Waals surface area contributed by atoms with Gasteiger partial charge in [0, 0.05) is 23.8 Å². The minimum Gasteiger partial charge on any atom is -0.456 e. The van der Waals surface area contributed by atoms with Crippen molar-refractivity contribution in [1.82, 2.24) is 5.43 Å². The zero-order valence-corrected chi connectivity index (χ0v) is 11.5. The van der Waals surface area contributed by atoms with E-state index < -0.39 is 11.6 Å². The van der Waals surface area contributed by atoms with Gasteiger partial charge in [-0.25, -0.2) is 8.78 Å². The summed E-state index contributed by atoms with van der Waals surface area (Å²) in [6.45, 7) is 0. The molecule has 0 amide bonds. The van der Waals surface area contributed by atoms with Crippen LogP contribution in [0.25, 0.3) is 0 Å². The van der Waals surface area contributed by atoms with Gasteiger partial charge in [0.1, 0.15) is 23.1 Å². The lowest BCUT2D eigenvalue weighted by molar-refractivity contribution is 0.467. The van der Waals surface area contributed by atoms with Gasteiger partial charge in [-0.15, -0.1) is 0 Å². The summed E-state index contributed by atoms with van der Waals surface area (Å²) in [5, 5.41) is 3.83. The van der Waals surface area contributed by atoms with Gasteiger partial charge in [0.05, 0.1) is 6.21 Å². The molecule has 7 heteroatoms. The first-order valence-corrected chi connectivity index (χ1v) is 6.27. The Morgan fingerprint density at radius 1 is 1.19 bits per heavy atom. The van der Waals surface area contributed by atoms with E-state index in [2.05, 4.69) is 22.7 Å². The van der Waals surface area contributed by atoms with Crippen LogP contribution in [-0.2, 0) is 0 Å². The Labute approximate surface area is 125 Å². The van der Waals surface area contributed by atoms with Crippen LogP contribution in [0, 0.1) is 11.6 Å². The first-order chi connectivity index (χ1) is 10.0. The van der Waals surface area contributed by atoms with Crippen molar-refractivity contribution in [2.24, 2.45) is 10.8 Å². The predicted molar refractivity (Wildman–Crippen MR) is 80.4 cm³/mol. The van der Waals surface area contributed by atoms with Crippen LogP contribution in [-0.4, -0.2) is 11.3 Å². The van der Waals surface area contributed by atoms with Crippen LogP contribution in [0.15, 0.2) is 47.6 Å². The average Bonchev–Trinajstić information content (AvgIpc) is 2.39. The molecule has 0 bridgehead atoms. The van der Waals surface area contributed by atoms with Crippen LogP contribution in [0.3, 0.4) is 0 Å². The summed E-state index contributed by atoms with van der Waals surface area (Å²) in [4.78, 5) is 0. The quantitative estimate of drug-likeness (QED) is 0.518. The van der Waals surface area contributed by atoms with Crippen LogP contribution in [0.5, 0.6) is 11.5 Å². The molecule has 3 N–H and O–H groups in total. The molecule has 0 heterocycles. The number of nitrogens with two attached hydrogens (primary N) is 1. The Kier molecular flexibility index (Phi) is 4.78. The molecule has 4 nitrogen and oxygen atoms in total. The molecule has 0 fully saturated rings. The molecule has 2 aromatic rings. The largest absolute Gasteiger partial charge is 0.456 e. The highest BCUT2D eigenvalue weighted by Crippen LogP contribution is 2.25. The van der Waals surface area contributed by atoms with Crippen molar-refractivity contribution in [3.8, 4) is 11.5 Å². The molecule has 2 aromatic carbocycles. The zero-order valence-electron chi connectivity index (χ0n) is 10.7. The summed E-state index contributed by atoms with van der Waals surface area (Å²) >= 11 is 4.62. The number of hydrogen-bond donors (Lipinski definition) is 2. The fourth-order valence-corrected chi connectivity index (χ4v) is 1.61. The molecular weight excluding hydrogens is 296 g/mol. The van der Waals surface area contributed by atoms with Crippen LogP contribution in [0.4, 0.5) is 8.78 Å². The maximum atomic E-state index is 13.1. The zero-order chi connectivity index (χ0) is 15.2. The number of thiocarbonyl (C=S) groups is 1. The van der Waals surface area contributed by atoms with Gasteiger partial charge in [-0.2, -0.15) is 5.10 Å². The minimum absolute atomic E-state index is 0.0249. The fourth-order valence-electron chi connectivity index (χ4n) is 1.56. The molecule has 0 spiro atoms. The number of nitrogens with one attached hydrogen (secondary N) is 1. The SMILES string of the molecule is NC(=S)NN=Cc1ccccc1Oc1cc(F)cc(F)c1. The maximum Gasteiger partial charge on any atom is 0.184 e. The van der Waals surface area contributed by atoms with E-state index in [-0.39, 0.29) is 10.9 Å². The number of hydrazone groups is 1. The normalized spacial score (nSPS) is 10.6. The Morgan fingerprint density at radius 3 is 2.52 bits per heavy atom. The first-order valence-electron chi connectivity index (χ1n) is 5.86. The summed E-state index contributed by atoms with van der Waals surface area (Å²) in [6, 6.07) is 9.80. The van der Waals surface area contributed by atoms with Gasteiger partial charge < -0.3 is 10.5 Å². The smallest absolute Gasteiger partial charge is 0.184 e. The highest BCUT2D eigenvalue weighted by atomic mass is 32.1. The van der Waals surface area contributed by atoms with Crippen LogP contribution in [0.2, 0.25) is 0 Å². The molecule has 0 saturated heterocycles. The van der Waals surface area contributed by atoms with Crippen molar-refractivity contribution >= 4 is 23.5 Å². The lowest BCUT2D eigenvalue weighted by Gasteiger charge is -2.08. The number of benzene rings is 2. The summed E-state index contributed by atoms with van der Waals surface area (Å²) in [7, 11) is 0. The summed E-state index contributed by atoms with van der Waals surface area (Å²) in [5.41, 5.74) is 8.24. The Bertz CT molecular complexity index is 671. The molecule has 0 aliphatic rings. The van der Waals surface area contributed by atoms with E-state index >= 15 is 0 Å². The van der Waals surface area contributed by atoms with Gasteiger partial charge in [-0.1, -0.05) is 12.1 Å². The average molecular weight is 307 g/mol. The van der Waals surface area contributed by atoms with Crippen molar-refractivity contribution in [1.29, 1.82) is 0 Å². The van der Waals surface area contributed by atoms with Gasteiger partial charge in [-0.3, -0.25) is 5.43 Å². The first kappa shape index (κ1) is 14.9. The molecule has 0 radical (unpaired) electrons. The van der Waals surface area contributed by atoms with Crippen molar-refractivity contribution in [2.75, 3.05) is 0 Å². The Hall–Kier alpha value is -2.54. The standard InChI is InChI=1S/C14H11F2N3OS/c15-10-5-11(16)7-12(6-10)20-13-4-2-1-3-9(13)8-18-19-14(17)21/h1-8H,(H3,17,19,21). The number of halogens is 2. The van der Waals surface area contributed by atoms with E-state index in [1.54, 1.807) is 24.3 Å². The van der Waals surface area contributed by atoms with Gasteiger partial charge in [-0.05, 0) is 24.4 Å². The Morgan fingerprint density at radius 2 is 1.86 bits per heavy atom. The second-order valence-electron chi connectivity index (χ2n) is 3.98. The van der Waals surface area contributed by atoms with Crippen molar-refractivity contribution in [3.63, 3.8) is 0 Å². The second-order valence-corrected chi connectivity index (χ2v) is 4.42. The van der Waals surface area contributed by atoms with Crippen molar-refractivity contribution in [2.45, 2.75) is 0 Å². The third-order valence-corrected chi connectivity index (χ3v) is 2.45. The molecule has 0 atom stereocenters. The number of rotatable bonds is 4. The molecule has 108 valence electrons. The number of ether oxygens (including phenoxy) is 1. The molecule has 0 unspecified atom stereocenters. The number of nitrogens with zero attached hydrogens (tertiary/aromatic N) is 1. The monoisotopic (exact) mass is 307 g/mol. The summed E-state index contributed by atoms with van der Waals surface area (Å²) in [5.74, 6) is -0.996. The van der Waals surface area contributed by atoms with E-state index in [1.807, 2.05) is 0 Å².